The highest BCUT2D eigenvalue weighted by Crippen LogP contribution is 2.17. The first kappa shape index (κ1) is 15.3. The van der Waals surface area contributed by atoms with Gasteiger partial charge in [0.25, 0.3) is 5.91 Å². The van der Waals surface area contributed by atoms with Crippen molar-refractivity contribution in [3.63, 3.8) is 0 Å². The van der Waals surface area contributed by atoms with Crippen LogP contribution in [0.2, 0.25) is 0 Å². The molecule has 0 bridgehead atoms. The fourth-order valence-corrected chi connectivity index (χ4v) is 2.93. The normalized spacial score (nSPS) is 9.81. The molecule has 0 fully saturated rings. The molecular weight excluding hydrogens is 282 g/mol. The molecule has 108 valence electrons. The number of aliphatic hydroxyl groups excluding tert-OH is 1. The van der Waals surface area contributed by atoms with E-state index in [-0.39, 0.29) is 12.5 Å². The van der Waals surface area contributed by atoms with Crippen molar-refractivity contribution in [3.8, 4) is 11.8 Å². The summed E-state index contributed by atoms with van der Waals surface area (Å²) in [4.78, 5) is 13.5. The van der Waals surface area contributed by atoms with Crippen molar-refractivity contribution in [2.45, 2.75) is 19.9 Å². The van der Waals surface area contributed by atoms with Crippen LogP contribution in [0.5, 0.6) is 0 Å². The van der Waals surface area contributed by atoms with Gasteiger partial charge in [-0.2, -0.15) is 0 Å². The standard InChI is InChI=1S/C17H17NO2S/c1-2-13-9-11-21-16(13)12-18-17(20)15-8-4-3-6-14(15)7-5-10-19/h3-4,6,8-9,11,19H,2,10,12H2,1H3,(H,18,20). The fourth-order valence-electron chi connectivity index (χ4n) is 2.02. The number of nitrogens with one attached hydrogen (secondary N) is 1. The molecule has 2 rings (SSSR count). The van der Waals surface area contributed by atoms with Crippen molar-refractivity contribution in [1.82, 2.24) is 5.32 Å². The second-order valence-electron chi connectivity index (χ2n) is 4.41. The number of rotatable bonds is 4. The molecule has 1 aromatic carbocycles. The zero-order chi connectivity index (χ0) is 15.1. The summed E-state index contributed by atoms with van der Waals surface area (Å²) in [5, 5.41) is 13.7. The molecule has 4 heteroatoms. The molecule has 1 amide bonds. The van der Waals surface area contributed by atoms with E-state index in [1.165, 1.54) is 10.4 Å². The van der Waals surface area contributed by atoms with Crippen molar-refractivity contribution in [1.29, 1.82) is 0 Å². The third-order valence-corrected chi connectivity index (χ3v) is 4.07. The Morgan fingerprint density at radius 3 is 2.90 bits per heavy atom. The van der Waals surface area contributed by atoms with Crippen molar-refractivity contribution in [2.75, 3.05) is 6.61 Å². The van der Waals surface area contributed by atoms with Crippen molar-refractivity contribution in [3.05, 3.63) is 57.3 Å². The minimum absolute atomic E-state index is 0.145. The predicted molar refractivity (Wildman–Crippen MR) is 85.3 cm³/mol. The third kappa shape index (κ3) is 3.94. The molecule has 0 atom stereocenters. The van der Waals surface area contributed by atoms with Crippen LogP contribution >= 0.6 is 11.3 Å². The minimum Gasteiger partial charge on any atom is -0.384 e. The van der Waals surface area contributed by atoms with Crippen molar-refractivity contribution >= 4 is 17.2 Å². The first-order valence-corrected chi connectivity index (χ1v) is 7.66. The van der Waals surface area contributed by atoms with Crippen LogP contribution in [0.4, 0.5) is 0 Å². The molecule has 2 aromatic rings. The number of carbonyl (C=O) groups is 1. The Hall–Kier alpha value is -2.09. The maximum absolute atomic E-state index is 12.3. The average molecular weight is 299 g/mol. The molecular formula is C17H17NO2S. The third-order valence-electron chi connectivity index (χ3n) is 3.10. The Kier molecular flexibility index (Phi) is 5.56. The fraction of sp³-hybridized carbons (Fsp3) is 0.235. The Morgan fingerprint density at radius 1 is 1.33 bits per heavy atom. The lowest BCUT2D eigenvalue weighted by Gasteiger charge is -2.07. The van der Waals surface area contributed by atoms with E-state index in [2.05, 4.69) is 30.1 Å². The number of aryl methyl sites for hydroxylation is 1. The Bertz CT molecular complexity index is 679. The van der Waals surface area contributed by atoms with Gasteiger partial charge in [-0.25, -0.2) is 0 Å². The number of benzene rings is 1. The van der Waals surface area contributed by atoms with Gasteiger partial charge in [0.1, 0.15) is 6.61 Å². The number of amides is 1. The van der Waals surface area contributed by atoms with Gasteiger partial charge in [0.05, 0.1) is 12.1 Å². The largest absolute Gasteiger partial charge is 0.384 e. The maximum atomic E-state index is 12.3. The smallest absolute Gasteiger partial charge is 0.252 e. The molecule has 0 spiro atoms. The quantitative estimate of drug-likeness (QED) is 0.853. The highest BCUT2D eigenvalue weighted by molar-refractivity contribution is 7.10. The van der Waals surface area contributed by atoms with Gasteiger partial charge in [-0.1, -0.05) is 30.9 Å². The monoisotopic (exact) mass is 299 g/mol. The summed E-state index contributed by atoms with van der Waals surface area (Å²) in [7, 11) is 0. The average Bonchev–Trinajstić information content (AvgIpc) is 2.98. The van der Waals surface area contributed by atoms with Gasteiger partial charge in [0, 0.05) is 10.4 Å². The zero-order valence-electron chi connectivity index (χ0n) is 11.8. The van der Waals surface area contributed by atoms with Crippen LogP contribution in [-0.4, -0.2) is 17.6 Å². The van der Waals surface area contributed by atoms with Gasteiger partial charge in [0.2, 0.25) is 0 Å². The first-order chi connectivity index (χ1) is 10.3. The number of thiophene rings is 1. The van der Waals surface area contributed by atoms with Crippen molar-refractivity contribution < 1.29 is 9.90 Å². The van der Waals surface area contributed by atoms with Crippen LogP contribution < -0.4 is 5.32 Å². The van der Waals surface area contributed by atoms with E-state index >= 15 is 0 Å². The molecule has 0 aliphatic carbocycles. The van der Waals surface area contributed by atoms with Crippen LogP contribution in [-0.2, 0) is 13.0 Å². The van der Waals surface area contributed by atoms with Crippen molar-refractivity contribution in [2.24, 2.45) is 0 Å². The van der Waals surface area contributed by atoms with E-state index in [9.17, 15) is 4.79 Å². The lowest BCUT2D eigenvalue weighted by Crippen LogP contribution is -2.23. The van der Waals surface area contributed by atoms with E-state index < -0.39 is 0 Å². The lowest BCUT2D eigenvalue weighted by atomic mass is 10.1. The van der Waals surface area contributed by atoms with Gasteiger partial charge in [-0.15, -0.1) is 11.3 Å². The van der Waals surface area contributed by atoms with E-state index in [0.29, 0.717) is 17.7 Å². The molecule has 0 radical (unpaired) electrons. The molecule has 3 nitrogen and oxygen atoms in total. The maximum Gasteiger partial charge on any atom is 0.252 e. The second kappa shape index (κ2) is 7.63. The summed E-state index contributed by atoms with van der Waals surface area (Å²) < 4.78 is 0. The van der Waals surface area contributed by atoms with Crippen LogP contribution in [0.15, 0.2) is 35.7 Å². The molecule has 21 heavy (non-hydrogen) atoms. The van der Waals surface area contributed by atoms with E-state index in [1.54, 1.807) is 23.5 Å². The SMILES string of the molecule is CCc1ccsc1CNC(=O)c1ccccc1C#CCO. The van der Waals surface area contributed by atoms with E-state index in [4.69, 9.17) is 5.11 Å². The number of aliphatic hydroxyl groups is 1. The molecule has 0 unspecified atom stereocenters. The highest BCUT2D eigenvalue weighted by atomic mass is 32.1. The minimum atomic E-state index is -0.217. The molecule has 1 heterocycles. The molecule has 0 aliphatic heterocycles. The molecule has 2 N–H and O–H groups in total. The number of hydrogen-bond donors (Lipinski definition) is 2. The number of carbonyl (C=O) groups excluding carboxylic acids is 1. The van der Waals surface area contributed by atoms with Gasteiger partial charge >= 0.3 is 0 Å². The van der Waals surface area contributed by atoms with Gasteiger partial charge < -0.3 is 10.4 Å². The molecule has 1 aromatic heterocycles. The topological polar surface area (TPSA) is 49.3 Å². The summed E-state index contributed by atoms with van der Waals surface area (Å²) in [5.41, 5.74) is 2.44. The Morgan fingerprint density at radius 2 is 2.14 bits per heavy atom. The van der Waals surface area contributed by atoms with Gasteiger partial charge in [0.15, 0.2) is 0 Å². The summed E-state index contributed by atoms with van der Waals surface area (Å²) >= 11 is 1.65. The van der Waals surface area contributed by atoms with E-state index in [0.717, 1.165) is 6.42 Å². The Balaban J connectivity index is 2.10. The predicted octanol–water partition coefficient (Wildman–Crippen LogP) is 2.58. The summed E-state index contributed by atoms with van der Waals surface area (Å²) in [6, 6.07) is 9.24. The van der Waals surface area contributed by atoms with Crippen LogP contribution in [0.25, 0.3) is 0 Å². The highest BCUT2D eigenvalue weighted by Gasteiger charge is 2.10. The number of hydrogen-bond acceptors (Lipinski definition) is 3. The summed E-state index contributed by atoms with van der Waals surface area (Å²) in [6.45, 7) is 2.42. The van der Waals surface area contributed by atoms with Gasteiger partial charge in [-0.05, 0) is 35.6 Å². The molecule has 0 saturated carbocycles. The zero-order valence-corrected chi connectivity index (χ0v) is 12.7. The van der Waals surface area contributed by atoms with Crippen LogP contribution in [0, 0.1) is 11.8 Å². The summed E-state index contributed by atoms with van der Waals surface area (Å²) in [5.74, 6) is 5.23. The summed E-state index contributed by atoms with van der Waals surface area (Å²) in [6.07, 6.45) is 0.966. The molecule has 0 saturated heterocycles. The van der Waals surface area contributed by atoms with Gasteiger partial charge in [-0.3, -0.25) is 4.79 Å². The Labute approximate surface area is 128 Å². The lowest BCUT2D eigenvalue weighted by molar-refractivity contribution is 0.0951. The van der Waals surface area contributed by atoms with E-state index in [1.807, 2.05) is 17.5 Å². The van der Waals surface area contributed by atoms with Crippen LogP contribution in [0.3, 0.4) is 0 Å². The second-order valence-corrected chi connectivity index (χ2v) is 5.41. The van der Waals surface area contributed by atoms with Crippen LogP contribution in [0.1, 0.15) is 33.3 Å². The molecule has 0 aliphatic rings. The first-order valence-electron chi connectivity index (χ1n) is 6.78.